The molecule has 4 aliphatic heterocycles. The molecule has 0 spiro atoms. The van der Waals surface area contributed by atoms with Crippen LogP contribution in [0.2, 0.25) is 0 Å². The number of ether oxygens (including phenoxy) is 1. The van der Waals surface area contributed by atoms with E-state index >= 15 is 0 Å². The summed E-state index contributed by atoms with van der Waals surface area (Å²) in [6, 6.07) is 0.552. The van der Waals surface area contributed by atoms with Gasteiger partial charge >= 0.3 is 0 Å². The lowest BCUT2D eigenvalue weighted by Crippen LogP contribution is -2.61. The molecule has 7 nitrogen and oxygen atoms in total. The summed E-state index contributed by atoms with van der Waals surface area (Å²) >= 11 is 0. The maximum Gasteiger partial charge on any atom is 0.188 e. The quantitative estimate of drug-likeness (QED) is 0.246. The number of aliphatic imine (C=N–C) groups is 1. The molecule has 0 aromatic rings. The van der Waals surface area contributed by atoms with Gasteiger partial charge in [-0.3, -0.25) is 19.7 Å². The van der Waals surface area contributed by atoms with E-state index in [1.807, 2.05) is 0 Å². The second kappa shape index (κ2) is 9.97. The number of nitrogens with zero attached hydrogens (tertiary/aromatic N) is 4. The summed E-state index contributed by atoms with van der Waals surface area (Å²) in [5, 5.41) is 3.24. The Kier molecular flexibility index (Phi) is 8.31. The summed E-state index contributed by atoms with van der Waals surface area (Å²) in [6.07, 6.45) is 1.10. The Morgan fingerprint density at radius 2 is 1.87 bits per heavy atom. The monoisotopic (exact) mass is 438 g/mol. The fourth-order valence-corrected chi connectivity index (χ4v) is 3.50. The smallest absolute Gasteiger partial charge is 0.188 e. The van der Waals surface area contributed by atoms with Crippen LogP contribution in [0.15, 0.2) is 4.99 Å². The first-order chi connectivity index (χ1) is 10.8. The van der Waals surface area contributed by atoms with Gasteiger partial charge in [-0.1, -0.05) is 0 Å². The Bertz CT molecular complexity index is 369. The van der Waals surface area contributed by atoms with Crippen LogP contribution in [-0.2, 0) is 4.74 Å². The topological polar surface area (TPSA) is 69.4 Å². The molecule has 4 fully saturated rings. The molecule has 0 aromatic carbocycles. The number of nitrogens with two attached hydrogens (primary N) is 1. The van der Waals surface area contributed by atoms with Gasteiger partial charge in [0.25, 0.3) is 0 Å². The first-order valence-corrected chi connectivity index (χ1v) is 8.61. The Labute approximate surface area is 156 Å². The average Bonchev–Trinajstić information content (AvgIpc) is 2.59. The molecule has 0 aromatic heterocycles. The van der Waals surface area contributed by atoms with Crippen LogP contribution in [-0.4, -0.2) is 105 Å². The molecule has 4 saturated heterocycles. The summed E-state index contributed by atoms with van der Waals surface area (Å²) in [7, 11) is 0. The number of piperazine rings is 3. The SMILES string of the molecule is I.NC(=NCC1CN2CCN1CC2)NCCCN1CCOCC1. The van der Waals surface area contributed by atoms with Crippen molar-refractivity contribution in [3.63, 3.8) is 0 Å². The van der Waals surface area contributed by atoms with Crippen molar-refractivity contribution in [2.75, 3.05) is 78.7 Å². The zero-order chi connectivity index (χ0) is 15.2. The molecule has 0 amide bonds. The molecular weight excluding hydrogens is 407 g/mol. The summed E-state index contributed by atoms with van der Waals surface area (Å²) in [5.74, 6) is 0.597. The average molecular weight is 438 g/mol. The highest BCUT2D eigenvalue weighted by molar-refractivity contribution is 14.0. The molecule has 0 aliphatic carbocycles. The van der Waals surface area contributed by atoms with Crippen molar-refractivity contribution in [2.45, 2.75) is 12.5 Å². The number of hydrogen-bond acceptors (Lipinski definition) is 5. The molecule has 4 aliphatic rings. The Morgan fingerprint density at radius 3 is 2.52 bits per heavy atom. The van der Waals surface area contributed by atoms with E-state index in [-0.39, 0.29) is 24.0 Å². The van der Waals surface area contributed by atoms with Crippen LogP contribution in [0.3, 0.4) is 0 Å². The highest BCUT2D eigenvalue weighted by Crippen LogP contribution is 2.15. The van der Waals surface area contributed by atoms with E-state index in [9.17, 15) is 0 Å². The van der Waals surface area contributed by atoms with Gasteiger partial charge in [0.2, 0.25) is 0 Å². The summed E-state index contributed by atoms with van der Waals surface area (Å²) < 4.78 is 5.35. The molecule has 23 heavy (non-hydrogen) atoms. The number of hydrogen-bond donors (Lipinski definition) is 2. The second-order valence-electron chi connectivity index (χ2n) is 6.45. The van der Waals surface area contributed by atoms with E-state index in [0.29, 0.717) is 12.0 Å². The van der Waals surface area contributed by atoms with Gasteiger partial charge in [-0.05, 0) is 13.0 Å². The lowest BCUT2D eigenvalue weighted by Gasteiger charge is -2.47. The fourth-order valence-electron chi connectivity index (χ4n) is 3.50. The summed E-state index contributed by atoms with van der Waals surface area (Å²) in [4.78, 5) is 12.1. The molecule has 1 unspecified atom stereocenters. The highest BCUT2D eigenvalue weighted by atomic mass is 127. The van der Waals surface area contributed by atoms with E-state index in [1.165, 1.54) is 26.2 Å². The van der Waals surface area contributed by atoms with Crippen molar-refractivity contribution < 1.29 is 4.74 Å². The number of morpholine rings is 1. The van der Waals surface area contributed by atoms with Crippen LogP contribution in [0.1, 0.15) is 6.42 Å². The predicted molar refractivity (Wildman–Crippen MR) is 104 cm³/mol. The molecule has 3 N–H and O–H groups in total. The number of halogens is 1. The molecule has 0 saturated carbocycles. The third kappa shape index (κ3) is 6.00. The van der Waals surface area contributed by atoms with E-state index in [4.69, 9.17) is 10.5 Å². The third-order valence-electron chi connectivity index (χ3n) is 4.93. The fraction of sp³-hybridized carbons (Fsp3) is 0.933. The molecule has 4 rings (SSSR count). The van der Waals surface area contributed by atoms with Crippen LogP contribution < -0.4 is 11.1 Å². The zero-order valence-corrected chi connectivity index (χ0v) is 16.3. The van der Waals surface area contributed by atoms with Gasteiger partial charge in [-0.2, -0.15) is 0 Å². The molecule has 134 valence electrons. The van der Waals surface area contributed by atoms with E-state index in [0.717, 1.165) is 58.9 Å². The molecule has 1 atom stereocenters. The van der Waals surface area contributed by atoms with Crippen LogP contribution >= 0.6 is 24.0 Å². The first kappa shape index (κ1) is 19.2. The van der Waals surface area contributed by atoms with Gasteiger partial charge in [0.15, 0.2) is 5.96 Å². The highest BCUT2D eigenvalue weighted by Gasteiger charge is 2.31. The lowest BCUT2D eigenvalue weighted by atomic mass is 10.1. The Morgan fingerprint density at radius 1 is 1.13 bits per heavy atom. The molecule has 4 heterocycles. The first-order valence-electron chi connectivity index (χ1n) is 8.61. The van der Waals surface area contributed by atoms with Crippen molar-refractivity contribution in [1.82, 2.24) is 20.0 Å². The largest absolute Gasteiger partial charge is 0.379 e. The van der Waals surface area contributed by atoms with Crippen molar-refractivity contribution >= 4 is 29.9 Å². The Hall–Kier alpha value is -0.160. The van der Waals surface area contributed by atoms with Gasteiger partial charge in [0, 0.05) is 58.4 Å². The van der Waals surface area contributed by atoms with Crippen LogP contribution in [0.4, 0.5) is 0 Å². The van der Waals surface area contributed by atoms with Crippen molar-refractivity contribution in [3.05, 3.63) is 0 Å². The zero-order valence-electron chi connectivity index (χ0n) is 14.0. The minimum Gasteiger partial charge on any atom is -0.379 e. The molecular formula is C15H31IN6O. The van der Waals surface area contributed by atoms with E-state index in [2.05, 4.69) is 25.0 Å². The standard InChI is InChI=1S/C15H30N6O.HI/c16-15(17-2-1-3-19-8-10-22-11-9-19)18-12-14-13-20-4-6-21(14)7-5-20;/h14H,1-13H2,(H3,16,17,18);1H. The number of fused-ring (bicyclic) bond motifs is 3. The van der Waals surface area contributed by atoms with E-state index in [1.54, 1.807) is 0 Å². The van der Waals surface area contributed by atoms with Gasteiger partial charge in [-0.15, -0.1) is 24.0 Å². The van der Waals surface area contributed by atoms with Crippen LogP contribution in [0.5, 0.6) is 0 Å². The predicted octanol–water partition coefficient (Wildman–Crippen LogP) is -0.769. The summed E-state index contributed by atoms with van der Waals surface area (Å²) in [6.45, 7) is 12.6. The number of nitrogens with one attached hydrogen (secondary N) is 1. The van der Waals surface area contributed by atoms with Crippen molar-refractivity contribution in [3.8, 4) is 0 Å². The normalized spacial score (nSPS) is 31.7. The third-order valence-corrected chi connectivity index (χ3v) is 4.93. The van der Waals surface area contributed by atoms with Gasteiger partial charge in [0.1, 0.15) is 0 Å². The Balaban J connectivity index is 0.00000192. The maximum absolute atomic E-state index is 5.98. The molecule has 8 heteroatoms. The van der Waals surface area contributed by atoms with Gasteiger partial charge in [0.05, 0.1) is 19.8 Å². The van der Waals surface area contributed by atoms with Gasteiger partial charge in [-0.25, -0.2) is 0 Å². The van der Waals surface area contributed by atoms with Gasteiger partial charge < -0.3 is 15.8 Å². The number of rotatable bonds is 6. The maximum atomic E-state index is 5.98. The molecule has 2 bridgehead atoms. The number of guanidine groups is 1. The van der Waals surface area contributed by atoms with Crippen molar-refractivity contribution in [2.24, 2.45) is 10.7 Å². The summed E-state index contributed by atoms with van der Waals surface area (Å²) in [5.41, 5.74) is 5.98. The lowest BCUT2D eigenvalue weighted by molar-refractivity contribution is 0.0174. The van der Waals surface area contributed by atoms with Crippen molar-refractivity contribution in [1.29, 1.82) is 0 Å². The van der Waals surface area contributed by atoms with Crippen LogP contribution in [0, 0.1) is 0 Å². The second-order valence-corrected chi connectivity index (χ2v) is 6.45. The van der Waals surface area contributed by atoms with Crippen LogP contribution in [0.25, 0.3) is 0 Å². The van der Waals surface area contributed by atoms with E-state index < -0.39 is 0 Å². The molecule has 0 radical (unpaired) electrons. The minimum atomic E-state index is 0. The minimum absolute atomic E-state index is 0.